The number of rotatable bonds is 2. The molecule has 1 unspecified atom stereocenters. The van der Waals surface area contributed by atoms with Crippen molar-refractivity contribution < 1.29 is 9.47 Å². The minimum absolute atomic E-state index is 0.0954. The first-order chi connectivity index (χ1) is 9.00. The summed E-state index contributed by atoms with van der Waals surface area (Å²) in [7, 11) is 0. The second-order valence-corrected chi connectivity index (χ2v) is 8.05. The van der Waals surface area contributed by atoms with E-state index in [9.17, 15) is 0 Å². The van der Waals surface area contributed by atoms with Crippen LogP contribution < -0.4 is 4.74 Å². The van der Waals surface area contributed by atoms with E-state index in [0.717, 1.165) is 12.2 Å². The van der Waals surface area contributed by atoms with E-state index in [-0.39, 0.29) is 22.7 Å². The van der Waals surface area contributed by atoms with Gasteiger partial charge in [-0.15, -0.1) is 0 Å². The van der Waals surface area contributed by atoms with Gasteiger partial charge in [0.15, 0.2) is 0 Å². The Morgan fingerprint density at radius 2 is 1.60 bits per heavy atom. The van der Waals surface area contributed by atoms with Crippen molar-refractivity contribution in [2.75, 3.05) is 0 Å². The molecule has 1 aliphatic heterocycles. The number of hydrogen-bond donors (Lipinski definition) is 0. The van der Waals surface area contributed by atoms with Crippen LogP contribution in [0.4, 0.5) is 0 Å². The van der Waals surface area contributed by atoms with E-state index >= 15 is 0 Å². The van der Waals surface area contributed by atoms with Crippen molar-refractivity contribution >= 4 is 0 Å². The van der Waals surface area contributed by atoms with E-state index in [1.54, 1.807) is 0 Å². The largest absolute Gasteiger partial charge is 0.487 e. The Bertz CT molecular complexity index is 463. The molecular formula is C18H28O2. The standard InChI is InChI=1S/C18H28O2/c1-16(2,3)13-8-10-14(11-9-13)19-15-12-17(4,5)20-18(15,6)7/h8-11,15H,12H2,1-7H3. The number of hydrogen-bond acceptors (Lipinski definition) is 2. The van der Waals surface area contributed by atoms with Gasteiger partial charge >= 0.3 is 0 Å². The summed E-state index contributed by atoms with van der Waals surface area (Å²) in [5.74, 6) is 0.928. The molecule has 1 saturated heterocycles. The highest BCUT2D eigenvalue weighted by atomic mass is 16.6. The predicted molar refractivity (Wildman–Crippen MR) is 83.4 cm³/mol. The van der Waals surface area contributed by atoms with Gasteiger partial charge in [-0.3, -0.25) is 0 Å². The average molecular weight is 276 g/mol. The van der Waals surface area contributed by atoms with Crippen LogP contribution in [0.2, 0.25) is 0 Å². The molecule has 1 aliphatic rings. The monoisotopic (exact) mass is 276 g/mol. The zero-order valence-electron chi connectivity index (χ0n) is 13.9. The summed E-state index contributed by atoms with van der Waals surface area (Å²) < 4.78 is 12.2. The predicted octanol–water partition coefficient (Wildman–Crippen LogP) is 4.71. The van der Waals surface area contributed by atoms with Gasteiger partial charge in [-0.05, 0) is 50.8 Å². The second-order valence-electron chi connectivity index (χ2n) is 8.05. The minimum Gasteiger partial charge on any atom is -0.487 e. The van der Waals surface area contributed by atoms with Crippen LogP contribution in [-0.4, -0.2) is 17.3 Å². The average Bonchev–Trinajstić information content (AvgIpc) is 2.46. The molecule has 1 aromatic carbocycles. The van der Waals surface area contributed by atoms with Gasteiger partial charge in [0.2, 0.25) is 0 Å². The van der Waals surface area contributed by atoms with Gasteiger partial charge in [-0.25, -0.2) is 0 Å². The quantitative estimate of drug-likeness (QED) is 0.779. The van der Waals surface area contributed by atoms with Crippen molar-refractivity contribution in [1.29, 1.82) is 0 Å². The van der Waals surface area contributed by atoms with Crippen molar-refractivity contribution in [3.05, 3.63) is 29.8 Å². The van der Waals surface area contributed by atoms with E-state index in [2.05, 4.69) is 72.7 Å². The molecule has 1 fully saturated rings. The van der Waals surface area contributed by atoms with Gasteiger partial charge in [-0.1, -0.05) is 32.9 Å². The highest BCUT2D eigenvalue weighted by Gasteiger charge is 2.47. The van der Waals surface area contributed by atoms with E-state index in [1.165, 1.54) is 5.56 Å². The van der Waals surface area contributed by atoms with Gasteiger partial charge in [-0.2, -0.15) is 0 Å². The molecule has 2 rings (SSSR count). The van der Waals surface area contributed by atoms with Crippen LogP contribution in [0.25, 0.3) is 0 Å². The number of ether oxygens (including phenoxy) is 2. The molecule has 0 amide bonds. The summed E-state index contributed by atoms with van der Waals surface area (Å²) in [6.07, 6.45) is 1.01. The van der Waals surface area contributed by atoms with E-state index in [0.29, 0.717) is 0 Å². The van der Waals surface area contributed by atoms with Crippen molar-refractivity contribution in [1.82, 2.24) is 0 Å². The lowest BCUT2D eigenvalue weighted by Gasteiger charge is -2.27. The fraction of sp³-hybridized carbons (Fsp3) is 0.667. The van der Waals surface area contributed by atoms with E-state index in [4.69, 9.17) is 9.47 Å². The Kier molecular flexibility index (Phi) is 3.66. The lowest BCUT2D eigenvalue weighted by atomic mass is 9.87. The summed E-state index contributed by atoms with van der Waals surface area (Å²) in [4.78, 5) is 0. The molecule has 0 N–H and O–H groups in total. The summed E-state index contributed by atoms with van der Waals surface area (Å²) in [5, 5.41) is 0. The third-order valence-corrected chi connectivity index (χ3v) is 3.99. The van der Waals surface area contributed by atoms with Crippen LogP contribution >= 0.6 is 0 Å². The lowest BCUT2D eigenvalue weighted by molar-refractivity contribution is -0.0846. The van der Waals surface area contributed by atoms with Crippen LogP contribution in [0.15, 0.2) is 24.3 Å². The molecule has 0 aromatic heterocycles. The molecule has 0 aliphatic carbocycles. The highest BCUT2D eigenvalue weighted by molar-refractivity contribution is 5.31. The Morgan fingerprint density at radius 3 is 2.00 bits per heavy atom. The summed E-state index contributed by atoms with van der Waals surface area (Å²) >= 11 is 0. The first-order valence-corrected chi connectivity index (χ1v) is 7.47. The van der Waals surface area contributed by atoms with Gasteiger partial charge in [0.1, 0.15) is 17.5 Å². The van der Waals surface area contributed by atoms with E-state index in [1.807, 2.05) is 0 Å². The maximum absolute atomic E-state index is 6.17. The van der Waals surface area contributed by atoms with Crippen LogP contribution in [0, 0.1) is 0 Å². The van der Waals surface area contributed by atoms with Gasteiger partial charge in [0, 0.05) is 6.42 Å². The van der Waals surface area contributed by atoms with E-state index < -0.39 is 0 Å². The Labute approximate surface area is 123 Å². The zero-order chi connectivity index (χ0) is 15.2. The first kappa shape index (κ1) is 15.4. The Balaban J connectivity index is 2.11. The van der Waals surface area contributed by atoms with Crippen molar-refractivity contribution in [2.45, 2.75) is 77.6 Å². The molecule has 1 aromatic rings. The Hall–Kier alpha value is -1.02. The first-order valence-electron chi connectivity index (χ1n) is 7.47. The molecule has 0 bridgehead atoms. The lowest BCUT2D eigenvalue weighted by Crippen LogP contribution is -2.36. The summed E-state index contributed by atoms with van der Waals surface area (Å²) in [5.41, 5.74) is 1.15. The summed E-state index contributed by atoms with van der Waals surface area (Å²) in [6, 6.07) is 8.45. The molecule has 0 radical (unpaired) electrons. The summed E-state index contributed by atoms with van der Waals surface area (Å²) in [6.45, 7) is 15.1. The fourth-order valence-electron chi connectivity index (χ4n) is 2.89. The second kappa shape index (κ2) is 4.77. The van der Waals surface area contributed by atoms with Crippen LogP contribution in [-0.2, 0) is 10.2 Å². The molecule has 1 atom stereocenters. The number of benzene rings is 1. The van der Waals surface area contributed by atoms with Crippen LogP contribution in [0.5, 0.6) is 5.75 Å². The van der Waals surface area contributed by atoms with Crippen molar-refractivity contribution in [3.8, 4) is 5.75 Å². The molecule has 20 heavy (non-hydrogen) atoms. The Morgan fingerprint density at radius 1 is 1.05 bits per heavy atom. The smallest absolute Gasteiger partial charge is 0.130 e. The molecular weight excluding hydrogens is 248 g/mol. The normalized spacial score (nSPS) is 24.6. The minimum atomic E-state index is -0.244. The van der Waals surface area contributed by atoms with Crippen molar-refractivity contribution in [2.24, 2.45) is 0 Å². The van der Waals surface area contributed by atoms with Crippen LogP contribution in [0.3, 0.4) is 0 Å². The highest BCUT2D eigenvalue weighted by Crippen LogP contribution is 2.39. The van der Waals surface area contributed by atoms with Crippen LogP contribution in [0.1, 0.15) is 60.5 Å². The third-order valence-electron chi connectivity index (χ3n) is 3.99. The van der Waals surface area contributed by atoms with Gasteiger partial charge in [0.05, 0.1) is 5.60 Å². The topological polar surface area (TPSA) is 18.5 Å². The molecule has 2 heteroatoms. The maximum Gasteiger partial charge on any atom is 0.130 e. The maximum atomic E-state index is 6.17. The molecule has 0 saturated carbocycles. The zero-order valence-corrected chi connectivity index (χ0v) is 13.9. The SMILES string of the molecule is CC1(C)CC(Oc2ccc(C(C)(C)C)cc2)C(C)(C)O1. The molecule has 2 nitrogen and oxygen atoms in total. The van der Waals surface area contributed by atoms with Gasteiger partial charge < -0.3 is 9.47 Å². The molecule has 112 valence electrons. The van der Waals surface area contributed by atoms with Gasteiger partial charge in [0.25, 0.3) is 0 Å². The molecule has 0 spiro atoms. The van der Waals surface area contributed by atoms with Crippen molar-refractivity contribution in [3.63, 3.8) is 0 Å². The fourth-order valence-corrected chi connectivity index (χ4v) is 2.89. The molecule has 1 heterocycles. The third kappa shape index (κ3) is 3.35.